The van der Waals surface area contributed by atoms with E-state index in [1.54, 1.807) is 4.68 Å². The average molecular weight is 288 g/mol. The van der Waals surface area contributed by atoms with E-state index in [0.717, 1.165) is 17.9 Å². The Labute approximate surface area is 121 Å². The van der Waals surface area contributed by atoms with Crippen LogP contribution in [0, 0.1) is 0 Å². The van der Waals surface area contributed by atoms with Crippen molar-refractivity contribution in [3.63, 3.8) is 0 Å². The lowest BCUT2D eigenvalue weighted by Gasteiger charge is -2.23. The number of morpholine rings is 1. The lowest BCUT2D eigenvalue weighted by Crippen LogP contribution is -2.40. The van der Waals surface area contributed by atoms with Crippen LogP contribution in [0.15, 0.2) is 30.6 Å². The first kappa shape index (κ1) is 13.7. The highest BCUT2D eigenvalue weighted by molar-refractivity contribution is 5.91. The highest BCUT2D eigenvalue weighted by Gasteiger charge is 2.17. The van der Waals surface area contributed by atoms with Gasteiger partial charge in [-0.3, -0.25) is 4.79 Å². The number of carbonyl (C=O) groups is 1. The first-order valence-corrected chi connectivity index (χ1v) is 6.77. The molecule has 21 heavy (non-hydrogen) atoms. The van der Waals surface area contributed by atoms with Gasteiger partial charge in [-0.25, -0.2) is 4.68 Å². The van der Waals surface area contributed by atoms with Crippen LogP contribution in [0.2, 0.25) is 0 Å². The van der Waals surface area contributed by atoms with E-state index in [-0.39, 0.29) is 12.0 Å². The predicted molar refractivity (Wildman–Crippen MR) is 75.0 cm³/mol. The van der Waals surface area contributed by atoms with Gasteiger partial charge < -0.3 is 15.4 Å². The van der Waals surface area contributed by atoms with Crippen LogP contribution >= 0.6 is 0 Å². The number of carbonyl (C=O) groups excluding carboxylic acids is 1. The summed E-state index contributed by atoms with van der Waals surface area (Å²) >= 11 is 0. The summed E-state index contributed by atoms with van der Waals surface area (Å²) < 4.78 is 7.05. The summed E-state index contributed by atoms with van der Waals surface area (Å²) in [6.07, 6.45) is 1.81. The summed E-state index contributed by atoms with van der Waals surface area (Å²) in [6, 6.07) is 7.30. The molecule has 0 bridgehead atoms. The van der Waals surface area contributed by atoms with Gasteiger partial charge in [0, 0.05) is 18.8 Å². The Hall–Kier alpha value is -2.32. The average Bonchev–Trinajstić information content (AvgIpc) is 3.03. The number of hydrogen-bond acceptors (Lipinski definition) is 6. The van der Waals surface area contributed by atoms with Crippen LogP contribution in [0.4, 0.5) is 5.69 Å². The number of aromatic nitrogens is 4. The van der Waals surface area contributed by atoms with Gasteiger partial charge in [-0.1, -0.05) is 0 Å². The molecule has 0 spiro atoms. The minimum absolute atomic E-state index is 0.0563. The van der Waals surface area contributed by atoms with Crippen LogP contribution in [-0.2, 0) is 9.53 Å². The Kier molecular flexibility index (Phi) is 4.17. The molecule has 0 saturated carbocycles. The molecular formula is C13H16N6O2. The van der Waals surface area contributed by atoms with Gasteiger partial charge in [0.1, 0.15) is 6.33 Å². The molecule has 2 aromatic rings. The number of anilines is 1. The molecule has 110 valence electrons. The number of hydrogen-bond donors (Lipinski definition) is 2. The topological polar surface area (TPSA) is 94.0 Å². The van der Waals surface area contributed by atoms with Gasteiger partial charge in [0.25, 0.3) is 0 Å². The standard InChI is InChI=1S/C13H16N6O2/c20-13(7-12-8-14-5-6-21-12)16-10-1-3-11(4-2-10)19-9-15-17-18-19/h1-4,9,12,14H,5-8H2,(H,16,20). The van der Waals surface area contributed by atoms with Crippen LogP contribution in [0.3, 0.4) is 0 Å². The molecule has 1 atom stereocenters. The van der Waals surface area contributed by atoms with E-state index < -0.39 is 0 Å². The summed E-state index contributed by atoms with van der Waals surface area (Å²) in [5.41, 5.74) is 1.57. The second kappa shape index (κ2) is 6.42. The zero-order valence-electron chi connectivity index (χ0n) is 11.4. The molecule has 1 aliphatic rings. The van der Waals surface area contributed by atoms with E-state index in [1.165, 1.54) is 6.33 Å². The summed E-state index contributed by atoms with van der Waals surface area (Å²) in [5.74, 6) is -0.0566. The second-order valence-corrected chi connectivity index (χ2v) is 4.75. The maximum absolute atomic E-state index is 11.9. The minimum Gasteiger partial charge on any atom is -0.375 e. The van der Waals surface area contributed by atoms with E-state index in [9.17, 15) is 4.79 Å². The van der Waals surface area contributed by atoms with E-state index in [4.69, 9.17) is 4.74 Å². The van der Waals surface area contributed by atoms with Crippen molar-refractivity contribution in [3.8, 4) is 5.69 Å². The lowest BCUT2D eigenvalue weighted by molar-refractivity contribution is -0.119. The third kappa shape index (κ3) is 3.61. The van der Waals surface area contributed by atoms with Crippen molar-refractivity contribution < 1.29 is 9.53 Å². The van der Waals surface area contributed by atoms with Crippen LogP contribution in [0.25, 0.3) is 5.69 Å². The molecule has 1 unspecified atom stereocenters. The van der Waals surface area contributed by atoms with E-state index in [1.807, 2.05) is 24.3 Å². The summed E-state index contributed by atoms with van der Waals surface area (Å²) in [6.45, 7) is 2.21. The van der Waals surface area contributed by atoms with Gasteiger partial charge in [-0.05, 0) is 34.7 Å². The molecule has 0 aliphatic carbocycles. The molecule has 8 heteroatoms. The van der Waals surface area contributed by atoms with Crippen LogP contribution in [0.1, 0.15) is 6.42 Å². The summed E-state index contributed by atoms with van der Waals surface area (Å²) in [4.78, 5) is 11.9. The number of nitrogens with zero attached hydrogens (tertiary/aromatic N) is 4. The first-order chi connectivity index (χ1) is 10.3. The van der Waals surface area contributed by atoms with Gasteiger partial charge in [0.15, 0.2) is 0 Å². The van der Waals surface area contributed by atoms with Gasteiger partial charge in [-0.2, -0.15) is 0 Å². The molecule has 2 N–H and O–H groups in total. The molecular weight excluding hydrogens is 272 g/mol. The Morgan fingerprint density at radius 2 is 2.29 bits per heavy atom. The number of nitrogens with one attached hydrogen (secondary N) is 2. The van der Waals surface area contributed by atoms with Crippen molar-refractivity contribution >= 4 is 11.6 Å². The second-order valence-electron chi connectivity index (χ2n) is 4.75. The number of ether oxygens (including phenoxy) is 1. The summed E-state index contributed by atoms with van der Waals surface area (Å²) in [5, 5.41) is 17.0. The Bertz CT molecular complexity index is 577. The van der Waals surface area contributed by atoms with Crippen LogP contribution in [0.5, 0.6) is 0 Å². The van der Waals surface area contributed by atoms with Crippen LogP contribution < -0.4 is 10.6 Å². The third-order valence-corrected chi connectivity index (χ3v) is 3.18. The maximum atomic E-state index is 11.9. The van der Waals surface area contributed by atoms with E-state index >= 15 is 0 Å². The van der Waals surface area contributed by atoms with Crippen molar-refractivity contribution in [2.45, 2.75) is 12.5 Å². The van der Waals surface area contributed by atoms with Crippen molar-refractivity contribution in [3.05, 3.63) is 30.6 Å². The predicted octanol–water partition coefficient (Wildman–Crippen LogP) is -0.0207. The van der Waals surface area contributed by atoms with Crippen molar-refractivity contribution in [2.75, 3.05) is 25.0 Å². The summed E-state index contributed by atoms with van der Waals surface area (Å²) in [7, 11) is 0. The fraction of sp³-hybridized carbons (Fsp3) is 0.385. The number of amides is 1. The molecule has 1 fully saturated rings. The van der Waals surface area contributed by atoms with Gasteiger partial charge in [0.05, 0.1) is 24.8 Å². The monoisotopic (exact) mass is 288 g/mol. The fourth-order valence-corrected chi connectivity index (χ4v) is 2.15. The molecule has 1 amide bonds. The molecule has 2 heterocycles. The molecule has 1 saturated heterocycles. The Morgan fingerprint density at radius 1 is 1.43 bits per heavy atom. The molecule has 1 aromatic heterocycles. The number of tetrazole rings is 1. The van der Waals surface area contributed by atoms with Crippen LogP contribution in [-0.4, -0.2) is 51.9 Å². The van der Waals surface area contributed by atoms with Gasteiger partial charge >= 0.3 is 0 Å². The number of rotatable bonds is 4. The van der Waals surface area contributed by atoms with E-state index in [0.29, 0.717) is 19.6 Å². The minimum atomic E-state index is -0.0566. The Balaban J connectivity index is 1.56. The van der Waals surface area contributed by atoms with E-state index in [2.05, 4.69) is 26.2 Å². The van der Waals surface area contributed by atoms with Gasteiger partial charge in [-0.15, -0.1) is 5.10 Å². The first-order valence-electron chi connectivity index (χ1n) is 6.77. The highest BCUT2D eigenvalue weighted by atomic mass is 16.5. The Morgan fingerprint density at radius 3 is 2.95 bits per heavy atom. The molecule has 1 aliphatic heterocycles. The van der Waals surface area contributed by atoms with Crippen molar-refractivity contribution in [1.82, 2.24) is 25.5 Å². The van der Waals surface area contributed by atoms with Gasteiger partial charge in [0.2, 0.25) is 5.91 Å². The lowest BCUT2D eigenvalue weighted by atomic mass is 10.2. The largest absolute Gasteiger partial charge is 0.375 e. The van der Waals surface area contributed by atoms with Crippen molar-refractivity contribution in [2.24, 2.45) is 0 Å². The fourth-order valence-electron chi connectivity index (χ4n) is 2.15. The number of benzene rings is 1. The maximum Gasteiger partial charge on any atom is 0.227 e. The zero-order valence-corrected chi connectivity index (χ0v) is 11.4. The molecule has 1 aromatic carbocycles. The van der Waals surface area contributed by atoms with Crippen molar-refractivity contribution in [1.29, 1.82) is 0 Å². The molecule has 8 nitrogen and oxygen atoms in total. The molecule has 3 rings (SSSR count). The highest BCUT2D eigenvalue weighted by Crippen LogP contribution is 2.13. The zero-order chi connectivity index (χ0) is 14.5. The normalized spacial score (nSPS) is 18.4. The third-order valence-electron chi connectivity index (χ3n) is 3.18. The smallest absolute Gasteiger partial charge is 0.227 e. The molecule has 0 radical (unpaired) electrons. The SMILES string of the molecule is O=C(CC1CNCCO1)Nc1ccc(-n2cnnn2)cc1. The quantitative estimate of drug-likeness (QED) is 0.821.